The van der Waals surface area contributed by atoms with Crippen LogP contribution in [0.4, 0.5) is 18.9 Å². The van der Waals surface area contributed by atoms with Gasteiger partial charge in [0.05, 0.1) is 22.7 Å². The fourth-order valence-electron chi connectivity index (χ4n) is 3.85. The number of carbonyl (C=O) groups is 1. The molecule has 0 atom stereocenters. The lowest BCUT2D eigenvalue weighted by Crippen LogP contribution is -2.10. The third-order valence-electron chi connectivity index (χ3n) is 5.71. The van der Waals surface area contributed by atoms with E-state index in [1.54, 1.807) is 37.3 Å². The second-order valence-electron chi connectivity index (χ2n) is 8.53. The van der Waals surface area contributed by atoms with Crippen molar-refractivity contribution in [3.8, 4) is 38.9 Å². The van der Waals surface area contributed by atoms with E-state index < -0.39 is 24.3 Å². The number of ether oxygens (including phenoxy) is 3. The summed E-state index contributed by atoms with van der Waals surface area (Å²) in [6.07, 6.45) is -4.44. The average Bonchev–Trinajstić information content (AvgIpc) is 3.35. The molecule has 0 amide bonds. The molecule has 40 heavy (non-hydrogen) atoms. The SMILES string of the molecule is C=Nc1cc(-c2nc(COc3ccc(OCC(=O)O)c(C)c3)sc2-c2ccc(C(F)(F)F)cc2)ccc1OCC. The highest BCUT2D eigenvalue weighted by atomic mass is 32.1. The van der Waals surface area contributed by atoms with Crippen LogP contribution < -0.4 is 14.2 Å². The third-order valence-corrected chi connectivity index (χ3v) is 6.79. The molecule has 0 aliphatic carbocycles. The number of hydrogen-bond acceptors (Lipinski definition) is 7. The summed E-state index contributed by atoms with van der Waals surface area (Å²) in [6, 6.07) is 15.3. The van der Waals surface area contributed by atoms with Crippen molar-refractivity contribution in [2.24, 2.45) is 4.99 Å². The largest absolute Gasteiger partial charge is 0.492 e. The number of aryl methyl sites for hydroxylation is 1. The van der Waals surface area contributed by atoms with Crippen LogP contribution in [0.1, 0.15) is 23.1 Å². The molecule has 11 heteroatoms. The number of alkyl halides is 3. The Morgan fingerprint density at radius 2 is 1.70 bits per heavy atom. The highest BCUT2D eigenvalue weighted by Crippen LogP contribution is 2.41. The van der Waals surface area contributed by atoms with E-state index in [1.165, 1.54) is 23.5 Å². The Bertz CT molecular complexity index is 1520. The van der Waals surface area contributed by atoms with E-state index in [2.05, 4.69) is 11.7 Å². The topological polar surface area (TPSA) is 90.2 Å². The van der Waals surface area contributed by atoms with Crippen LogP contribution in [0.2, 0.25) is 0 Å². The zero-order valence-electron chi connectivity index (χ0n) is 21.6. The summed E-state index contributed by atoms with van der Waals surface area (Å²) < 4.78 is 56.3. The summed E-state index contributed by atoms with van der Waals surface area (Å²) in [6.45, 7) is 7.32. The standard InChI is InChI=1S/C29H25F3N2O5S/c1-4-37-24-11-7-19(14-22(24)33-3)27-28(18-5-8-20(9-6-18)29(30,31)32)40-25(34-27)15-38-21-10-12-23(17(2)13-21)39-16-26(35)36/h5-14H,3-4,15-16H2,1-2H3,(H,35,36). The molecule has 1 heterocycles. The number of aromatic nitrogens is 1. The van der Waals surface area contributed by atoms with E-state index in [4.69, 9.17) is 24.3 Å². The summed E-state index contributed by atoms with van der Waals surface area (Å²) in [7, 11) is 0. The number of halogens is 3. The van der Waals surface area contributed by atoms with E-state index in [1.807, 2.05) is 13.0 Å². The Kier molecular flexibility index (Phi) is 8.73. The molecule has 3 aromatic carbocycles. The van der Waals surface area contributed by atoms with Crippen LogP contribution in [-0.2, 0) is 17.6 Å². The van der Waals surface area contributed by atoms with Crippen LogP contribution in [0.5, 0.6) is 17.2 Å². The highest BCUT2D eigenvalue weighted by molar-refractivity contribution is 7.15. The maximum Gasteiger partial charge on any atom is 0.416 e. The predicted molar refractivity (Wildman–Crippen MR) is 147 cm³/mol. The molecule has 1 N–H and O–H groups in total. The predicted octanol–water partition coefficient (Wildman–Crippen LogP) is 7.58. The number of hydrogen-bond donors (Lipinski definition) is 1. The van der Waals surface area contributed by atoms with Crippen molar-refractivity contribution < 1.29 is 37.3 Å². The number of nitrogens with zero attached hydrogens (tertiary/aromatic N) is 2. The fraction of sp³-hybridized carbons (Fsp3) is 0.207. The normalized spacial score (nSPS) is 11.2. The monoisotopic (exact) mass is 570 g/mol. The molecule has 0 aliphatic heterocycles. The van der Waals surface area contributed by atoms with Gasteiger partial charge in [0.25, 0.3) is 0 Å². The molecule has 0 saturated heterocycles. The molecular formula is C29H25F3N2O5S. The Hall–Kier alpha value is -4.38. The van der Waals surface area contributed by atoms with Crippen molar-refractivity contribution in [2.75, 3.05) is 13.2 Å². The van der Waals surface area contributed by atoms with Gasteiger partial charge in [0.1, 0.15) is 34.6 Å². The van der Waals surface area contributed by atoms with Gasteiger partial charge in [-0.05, 0) is 80.2 Å². The molecular weight excluding hydrogens is 545 g/mol. The molecule has 0 spiro atoms. The first-order valence-corrected chi connectivity index (χ1v) is 12.9. The summed E-state index contributed by atoms with van der Waals surface area (Å²) in [4.78, 5) is 20.2. The lowest BCUT2D eigenvalue weighted by Gasteiger charge is -2.10. The molecule has 208 valence electrons. The molecule has 0 unspecified atom stereocenters. The molecule has 1 aromatic heterocycles. The Labute approximate surface area is 232 Å². The van der Waals surface area contributed by atoms with Gasteiger partial charge in [0.15, 0.2) is 6.61 Å². The molecule has 7 nitrogen and oxygen atoms in total. The lowest BCUT2D eigenvalue weighted by atomic mass is 10.0. The maximum atomic E-state index is 13.2. The van der Waals surface area contributed by atoms with Gasteiger partial charge >= 0.3 is 12.1 Å². The second kappa shape index (κ2) is 12.2. The second-order valence-corrected chi connectivity index (χ2v) is 9.62. The molecule has 0 radical (unpaired) electrons. The molecule has 0 aliphatic rings. The summed E-state index contributed by atoms with van der Waals surface area (Å²) in [5, 5.41) is 9.41. The third kappa shape index (κ3) is 6.78. The number of carboxylic acid groups (broad SMARTS) is 1. The number of rotatable bonds is 11. The van der Waals surface area contributed by atoms with Crippen molar-refractivity contribution in [3.63, 3.8) is 0 Å². The maximum absolute atomic E-state index is 13.2. The van der Waals surface area contributed by atoms with Crippen molar-refractivity contribution in [1.82, 2.24) is 4.98 Å². The first-order chi connectivity index (χ1) is 19.1. The fourth-order valence-corrected chi connectivity index (χ4v) is 4.86. The zero-order valence-corrected chi connectivity index (χ0v) is 22.4. The van der Waals surface area contributed by atoms with E-state index in [0.717, 1.165) is 12.1 Å². The molecule has 0 bridgehead atoms. The average molecular weight is 571 g/mol. The Balaban J connectivity index is 1.66. The van der Waals surface area contributed by atoms with Crippen LogP contribution in [0.3, 0.4) is 0 Å². The minimum atomic E-state index is -4.44. The van der Waals surface area contributed by atoms with Gasteiger partial charge in [0, 0.05) is 5.56 Å². The smallest absolute Gasteiger partial charge is 0.416 e. The number of aliphatic imine (C=N–C) groups is 1. The molecule has 4 aromatic rings. The molecule has 4 rings (SSSR count). The Morgan fingerprint density at radius 1 is 1.00 bits per heavy atom. The minimum Gasteiger partial charge on any atom is -0.492 e. The number of carboxylic acids is 1. The summed E-state index contributed by atoms with van der Waals surface area (Å²) >= 11 is 1.30. The van der Waals surface area contributed by atoms with Crippen LogP contribution in [-0.4, -0.2) is 36.0 Å². The zero-order chi connectivity index (χ0) is 28.9. The van der Waals surface area contributed by atoms with Crippen LogP contribution in [0.25, 0.3) is 21.7 Å². The van der Waals surface area contributed by atoms with Crippen LogP contribution in [0, 0.1) is 6.92 Å². The van der Waals surface area contributed by atoms with Gasteiger partial charge in [-0.3, -0.25) is 4.99 Å². The summed E-state index contributed by atoms with van der Waals surface area (Å²) in [5.74, 6) is 0.430. The first-order valence-electron chi connectivity index (χ1n) is 12.1. The summed E-state index contributed by atoms with van der Waals surface area (Å²) in [5.41, 5.74) is 2.30. The van der Waals surface area contributed by atoms with E-state index in [9.17, 15) is 18.0 Å². The van der Waals surface area contributed by atoms with Gasteiger partial charge < -0.3 is 19.3 Å². The van der Waals surface area contributed by atoms with Crippen molar-refractivity contribution in [3.05, 3.63) is 76.8 Å². The van der Waals surface area contributed by atoms with Crippen molar-refractivity contribution >= 4 is 29.7 Å². The number of thiazole rings is 1. The van der Waals surface area contributed by atoms with E-state index in [0.29, 0.717) is 61.8 Å². The Morgan fingerprint density at radius 3 is 2.33 bits per heavy atom. The van der Waals surface area contributed by atoms with E-state index in [-0.39, 0.29) is 6.61 Å². The number of benzene rings is 3. The van der Waals surface area contributed by atoms with Gasteiger partial charge in [-0.2, -0.15) is 13.2 Å². The van der Waals surface area contributed by atoms with Crippen molar-refractivity contribution in [2.45, 2.75) is 26.6 Å². The van der Waals surface area contributed by atoms with Gasteiger partial charge in [-0.1, -0.05) is 12.1 Å². The lowest BCUT2D eigenvalue weighted by molar-refractivity contribution is -0.139. The quantitative estimate of drug-likeness (QED) is 0.187. The van der Waals surface area contributed by atoms with Crippen LogP contribution >= 0.6 is 11.3 Å². The van der Waals surface area contributed by atoms with E-state index >= 15 is 0 Å². The number of aliphatic carboxylic acids is 1. The van der Waals surface area contributed by atoms with Gasteiger partial charge in [-0.25, -0.2) is 9.78 Å². The first kappa shape index (κ1) is 28.6. The van der Waals surface area contributed by atoms with Gasteiger partial charge in [-0.15, -0.1) is 11.3 Å². The van der Waals surface area contributed by atoms with Crippen LogP contribution in [0.15, 0.2) is 65.7 Å². The molecule has 0 fully saturated rings. The molecule has 0 saturated carbocycles. The minimum absolute atomic E-state index is 0.0939. The van der Waals surface area contributed by atoms with Crippen molar-refractivity contribution in [1.29, 1.82) is 0 Å². The van der Waals surface area contributed by atoms with Gasteiger partial charge in [0.2, 0.25) is 0 Å². The highest BCUT2D eigenvalue weighted by Gasteiger charge is 2.30.